The van der Waals surface area contributed by atoms with Crippen LogP contribution >= 0.6 is 0 Å². The Balaban J connectivity index is 1.40. The molecule has 4 aromatic heterocycles. The second kappa shape index (κ2) is 8.57. The first-order chi connectivity index (χ1) is 17.0. The van der Waals surface area contributed by atoms with Crippen LogP contribution in [0.1, 0.15) is 67.0 Å². The number of ketones is 1. The monoisotopic (exact) mass is 471 g/mol. The van der Waals surface area contributed by atoms with E-state index in [2.05, 4.69) is 37.4 Å². The number of hydrogen-bond donors (Lipinski definition) is 2. The highest BCUT2D eigenvalue weighted by Crippen LogP contribution is 2.32. The quantitative estimate of drug-likeness (QED) is 0.423. The number of nitrogens with zero attached hydrogens (tertiary/aromatic N) is 5. The summed E-state index contributed by atoms with van der Waals surface area (Å²) in [7, 11) is 0. The summed E-state index contributed by atoms with van der Waals surface area (Å²) in [6, 6.07) is 4.60. The number of carbonyl (C=O) groups excluding carboxylic acids is 1. The number of Topliss-reactive ketones (excluding diaryl/α,β-unsaturated/α-hetero) is 1. The van der Waals surface area contributed by atoms with Crippen LogP contribution in [0.4, 0.5) is 11.8 Å². The van der Waals surface area contributed by atoms with E-state index in [1.165, 1.54) is 6.92 Å². The highest BCUT2D eigenvalue weighted by Gasteiger charge is 2.26. The highest BCUT2D eigenvalue weighted by atomic mass is 16.1. The molecule has 0 spiro atoms. The largest absolute Gasteiger partial charge is 0.342 e. The molecule has 6 rings (SSSR count). The first-order valence-electron chi connectivity index (χ1n) is 12.4. The first-order valence-corrected chi connectivity index (χ1v) is 12.4. The van der Waals surface area contributed by atoms with Gasteiger partial charge in [-0.05, 0) is 57.4 Å². The Morgan fingerprint density at radius 1 is 1.14 bits per heavy atom. The van der Waals surface area contributed by atoms with Gasteiger partial charge in [-0.1, -0.05) is 12.8 Å². The average molecular weight is 472 g/mol. The molecular weight excluding hydrogens is 442 g/mol. The first kappa shape index (κ1) is 21.9. The third kappa shape index (κ3) is 3.70. The smallest absolute Gasteiger partial charge is 0.263 e. The van der Waals surface area contributed by atoms with Crippen molar-refractivity contribution >= 4 is 39.5 Å². The summed E-state index contributed by atoms with van der Waals surface area (Å²) in [5.41, 5.74) is 2.30. The van der Waals surface area contributed by atoms with Crippen molar-refractivity contribution in [2.75, 3.05) is 18.4 Å². The van der Waals surface area contributed by atoms with E-state index in [4.69, 9.17) is 4.98 Å². The zero-order chi connectivity index (χ0) is 24.1. The lowest BCUT2D eigenvalue weighted by Crippen LogP contribution is -2.30. The molecule has 1 saturated carbocycles. The molecule has 0 radical (unpaired) electrons. The van der Waals surface area contributed by atoms with E-state index < -0.39 is 0 Å². The SMILES string of the molecule is CC(=O)c1c(C)c2cnc(Nc3cc4ccn(C5CCNC5)c4cn3)nc2n(C2CCCC2)c1=O. The van der Waals surface area contributed by atoms with Crippen molar-refractivity contribution in [2.24, 2.45) is 0 Å². The predicted octanol–water partition coefficient (Wildman–Crippen LogP) is 4.05. The van der Waals surface area contributed by atoms with Crippen molar-refractivity contribution in [3.8, 4) is 0 Å². The van der Waals surface area contributed by atoms with Crippen LogP contribution in [0.25, 0.3) is 21.9 Å². The fourth-order valence-corrected chi connectivity index (χ4v) is 5.74. The molecule has 2 aliphatic rings. The van der Waals surface area contributed by atoms with Gasteiger partial charge < -0.3 is 15.2 Å². The highest BCUT2D eigenvalue weighted by molar-refractivity contribution is 5.99. The maximum Gasteiger partial charge on any atom is 0.263 e. The number of aromatic nitrogens is 5. The number of aryl methyl sites for hydroxylation is 1. The number of pyridine rings is 2. The van der Waals surface area contributed by atoms with Crippen LogP contribution in [0.5, 0.6) is 0 Å². The molecule has 0 bridgehead atoms. The van der Waals surface area contributed by atoms with Gasteiger partial charge in [-0.15, -0.1) is 0 Å². The van der Waals surface area contributed by atoms with E-state index >= 15 is 0 Å². The van der Waals surface area contributed by atoms with Gasteiger partial charge in [0.1, 0.15) is 11.5 Å². The van der Waals surface area contributed by atoms with Crippen molar-refractivity contribution in [3.05, 3.63) is 52.2 Å². The number of carbonyl (C=O) groups is 1. The van der Waals surface area contributed by atoms with Crippen LogP contribution in [-0.2, 0) is 0 Å². The molecule has 1 atom stereocenters. The second-order valence-electron chi connectivity index (χ2n) is 9.72. The molecule has 1 unspecified atom stereocenters. The van der Waals surface area contributed by atoms with Gasteiger partial charge in [0.25, 0.3) is 5.56 Å². The lowest BCUT2D eigenvalue weighted by atomic mass is 10.0. The lowest BCUT2D eigenvalue weighted by Gasteiger charge is -2.19. The number of fused-ring (bicyclic) bond motifs is 2. The Kier molecular flexibility index (Phi) is 5.36. The molecule has 9 nitrogen and oxygen atoms in total. The second-order valence-corrected chi connectivity index (χ2v) is 9.72. The maximum atomic E-state index is 13.4. The fraction of sp³-hybridized carbons (Fsp3) is 0.423. The lowest BCUT2D eigenvalue weighted by molar-refractivity contribution is 0.101. The summed E-state index contributed by atoms with van der Waals surface area (Å²) >= 11 is 0. The summed E-state index contributed by atoms with van der Waals surface area (Å²) in [4.78, 5) is 39.6. The van der Waals surface area contributed by atoms with Gasteiger partial charge in [0.15, 0.2) is 5.78 Å². The van der Waals surface area contributed by atoms with Crippen LogP contribution in [0.2, 0.25) is 0 Å². The van der Waals surface area contributed by atoms with Crippen LogP contribution in [-0.4, -0.2) is 43.0 Å². The van der Waals surface area contributed by atoms with Crippen molar-refractivity contribution in [1.29, 1.82) is 0 Å². The Labute approximate surface area is 202 Å². The normalized spacial score (nSPS) is 18.6. The maximum absolute atomic E-state index is 13.4. The van der Waals surface area contributed by atoms with E-state index in [1.807, 2.05) is 12.3 Å². The minimum atomic E-state index is -0.249. The molecule has 35 heavy (non-hydrogen) atoms. The molecule has 4 aromatic rings. The fourth-order valence-electron chi connectivity index (χ4n) is 5.74. The summed E-state index contributed by atoms with van der Waals surface area (Å²) in [6.07, 6.45) is 10.8. The predicted molar refractivity (Wildman–Crippen MR) is 136 cm³/mol. The molecule has 1 aliphatic carbocycles. The van der Waals surface area contributed by atoms with Crippen LogP contribution in [0.3, 0.4) is 0 Å². The Morgan fingerprint density at radius 2 is 1.97 bits per heavy atom. The number of hydrogen-bond acceptors (Lipinski definition) is 7. The van der Waals surface area contributed by atoms with Gasteiger partial charge in [-0.2, -0.15) is 4.98 Å². The summed E-state index contributed by atoms with van der Waals surface area (Å²) in [5.74, 6) is 0.803. The number of nitrogens with one attached hydrogen (secondary N) is 2. The molecule has 2 N–H and O–H groups in total. The number of rotatable bonds is 5. The van der Waals surface area contributed by atoms with Crippen molar-refractivity contribution < 1.29 is 4.79 Å². The van der Waals surface area contributed by atoms with Gasteiger partial charge >= 0.3 is 0 Å². The molecule has 9 heteroatoms. The summed E-state index contributed by atoms with van der Waals surface area (Å²) < 4.78 is 4.01. The molecule has 1 aliphatic heterocycles. The van der Waals surface area contributed by atoms with E-state index in [0.717, 1.165) is 61.5 Å². The van der Waals surface area contributed by atoms with Crippen LogP contribution < -0.4 is 16.2 Å². The molecule has 1 saturated heterocycles. The molecule has 5 heterocycles. The summed E-state index contributed by atoms with van der Waals surface area (Å²) in [5, 5.41) is 8.47. The molecule has 2 fully saturated rings. The van der Waals surface area contributed by atoms with Gasteiger partial charge in [0.2, 0.25) is 5.95 Å². The van der Waals surface area contributed by atoms with Gasteiger partial charge in [-0.25, -0.2) is 9.97 Å². The Morgan fingerprint density at radius 3 is 2.71 bits per heavy atom. The van der Waals surface area contributed by atoms with Crippen molar-refractivity contribution in [3.63, 3.8) is 0 Å². The zero-order valence-electron chi connectivity index (χ0n) is 20.0. The van der Waals surface area contributed by atoms with E-state index in [-0.39, 0.29) is 22.9 Å². The summed E-state index contributed by atoms with van der Waals surface area (Å²) in [6.45, 7) is 5.26. The third-order valence-electron chi connectivity index (χ3n) is 7.52. The van der Waals surface area contributed by atoms with Gasteiger partial charge in [0.05, 0.1) is 17.3 Å². The van der Waals surface area contributed by atoms with E-state index in [0.29, 0.717) is 29.0 Å². The minimum absolute atomic E-state index is 0.0470. The molecule has 180 valence electrons. The average Bonchev–Trinajstić information content (AvgIpc) is 3.60. The molecule has 0 aromatic carbocycles. The van der Waals surface area contributed by atoms with Crippen molar-refractivity contribution in [1.82, 2.24) is 29.4 Å². The molecular formula is C26H29N7O2. The molecule has 0 amide bonds. The standard InChI is InChI=1S/C26H29N7O2/c1-15-20-13-29-26(31-24(20)33(18-5-3-4-6-18)25(35)23(15)16(2)34)30-22-11-17-8-10-32(21(17)14-28-22)19-7-9-27-12-19/h8,10-11,13-14,18-19,27H,3-7,9,12H2,1-2H3,(H,28,29,30,31). The topological polar surface area (TPSA) is 107 Å². The Hall–Kier alpha value is -3.59. The van der Waals surface area contributed by atoms with Gasteiger partial charge in [0, 0.05) is 41.8 Å². The van der Waals surface area contributed by atoms with Crippen molar-refractivity contribution in [2.45, 2.75) is 58.0 Å². The van der Waals surface area contributed by atoms with E-state index in [1.54, 1.807) is 17.7 Å². The number of anilines is 2. The zero-order valence-corrected chi connectivity index (χ0v) is 20.0. The van der Waals surface area contributed by atoms with E-state index in [9.17, 15) is 9.59 Å². The third-order valence-corrected chi connectivity index (χ3v) is 7.52. The minimum Gasteiger partial charge on any atom is -0.342 e. The van der Waals surface area contributed by atoms with Crippen LogP contribution in [0, 0.1) is 6.92 Å². The van der Waals surface area contributed by atoms with Crippen LogP contribution in [0.15, 0.2) is 35.5 Å². The van der Waals surface area contributed by atoms with Gasteiger partial charge in [-0.3, -0.25) is 14.2 Å². The Bertz CT molecular complexity index is 1510.